The van der Waals surface area contributed by atoms with Crippen LogP contribution in [0.2, 0.25) is 10.0 Å². The summed E-state index contributed by atoms with van der Waals surface area (Å²) in [6.07, 6.45) is -0.0949. The molecular formula is C22H28Cl2N2O4. The predicted molar refractivity (Wildman–Crippen MR) is 122 cm³/mol. The second-order valence-corrected chi connectivity index (χ2v) is 7.24. The van der Waals surface area contributed by atoms with E-state index in [-0.39, 0.29) is 17.8 Å². The predicted octanol–water partition coefficient (Wildman–Crippen LogP) is 5.98. The van der Waals surface area contributed by atoms with E-state index in [1.807, 2.05) is 27.7 Å². The van der Waals surface area contributed by atoms with Crippen LogP contribution in [0.5, 0.6) is 0 Å². The van der Waals surface area contributed by atoms with Gasteiger partial charge in [-0.05, 0) is 50.7 Å². The molecule has 0 aliphatic carbocycles. The molecule has 0 fully saturated rings. The number of benzene rings is 2. The number of carbonyl (C=O) groups is 2. The van der Waals surface area contributed by atoms with Crippen molar-refractivity contribution in [2.75, 3.05) is 18.4 Å². The highest BCUT2D eigenvalue weighted by Gasteiger charge is 2.14. The third-order valence-corrected chi connectivity index (χ3v) is 5.17. The summed E-state index contributed by atoms with van der Waals surface area (Å²) in [5, 5.41) is 13.0. The molecule has 2 aromatic carbocycles. The SMILES string of the molecule is CCN(CC)C(C)OC(C)=O.Cc1ccc(Cl)c(Nc2ccccc2C(=O)O)c1Cl. The number of nitrogens with one attached hydrogen (secondary N) is 1. The van der Waals surface area contributed by atoms with Crippen molar-refractivity contribution in [3.8, 4) is 0 Å². The number of nitrogens with zero attached hydrogens (tertiary/aromatic N) is 1. The average molecular weight is 455 g/mol. The minimum Gasteiger partial charge on any atom is -0.478 e. The normalized spacial score (nSPS) is 11.3. The van der Waals surface area contributed by atoms with Gasteiger partial charge in [-0.1, -0.05) is 55.2 Å². The average Bonchev–Trinajstić information content (AvgIpc) is 2.69. The van der Waals surface area contributed by atoms with Crippen molar-refractivity contribution in [2.24, 2.45) is 0 Å². The van der Waals surface area contributed by atoms with E-state index in [0.29, 0.717) is 21.4 Å². The summed E-state index contributed by atoms with van der Waals surface area (Å²) in [4.78, 5) is 23.8. The monoisotopic (exact) mass is 454 g/mol. The number of halogens is 2. The molecule has 0 aromatic heterocycles. The van der Waals surface area contributed by atoms with Crippen LogP contribution in [-0.2, 0) is 9.53 Å². The highest BCUT2D eigenvalue weighted by Crippen LogP contribution is 2.35. The van der Waals surface area contributed by atoms with Crippen molar-refractivity contribution in [1.29, 1.82) is 0 Å². The lowest BCUT2D eigenvalue weighted by Gasteiger charge is -2.25. The van der Waals surface area contributed by atoms with Crippen LogP contribution >= 0.6 is 23.2 Å². The van der Waals surface area contributed by atoms with Gasteiger partial charge in [0.05, 0.1) is 27.0 Å². The molecule has 0 saturated carbocycles. The highest BCUT2D eigenvalue weighted by atomic mass is 35.5. The number of anilines is 2. The Bertz CT molecular complexity index is 870. The van der Waals surface area contributed by atoms with E-state index in [4.69, 9.17) is 33.0 Å². The van der Waals surface area contributed by atoms with Gasteiger partial charge < -0.3 is 15.2 Å². The minimum absolute atomic E-state index is 0.0949. The second kappa shape index (κ2) is 12.4. The lowest BCUT2D eigenvalue weighted by molar-refractivity contribution is -0.154. The maximum absolute atomic E-state index is 11.1. The van der Waals surface area contributed by atoms with E-state index >= 15 is 0 Å². The van der Waals surface area contributed by atoms with Crippen LogP contribution < -0.4 is 5.32 Å². The summed E-state index contributed by atoms with van der Waals surface area (Å²) >= 11 is 12.3. The number of para-hydroxylation sites is 1. The van der Waals surface area contributed by atoms with Gasteiger partial charge in [-0.2, -0.15) is 0 Å². The van der Waals surface area contributed by atoms with Crippen molar-refractivity contribution in [1.82, 2.24) is 4.90 Å². The number of esters is 1. The van der Waals surface area contributed by atoms with Gasteiger partial charge in [0.2, 0.25) is 0 Å². The first-order valence-corrected chi connectivity index (χ1v) is 10.3. The number of aryl methyl sites for hydroxylation is 1. The van der Waals surface area contributed by atoms with Crippen LogP contribution in [0.25, 0.3) is 0 Å². The van der Waals surface area contributed by atoms with E-state index in [2.05, 4.69) is 10.2 Å². The zero-order valence-electron chi connectivity index (χ0n) is 17.8. The zero-order valence-corrected chi connectivity index (χ0v) is 19.3. The topological polar surface area (TPSA) is 78.9 Å². The molecule has 2 N–H and O–H groups in total. The molecule has 0 amide bonds. The Hall–Kier alpha value is -2.28. The highest BCUT2D eigenvalue weighted by molar-refractivity contribution is 6.39. The Balaban J connectivity index is 0.000000352. The molecule has 30 heavy (non-hydrogen) atoms. The fraction of sp³-hybridized carbons (Fsp3) is 0.364. The van der Waals surface area contributed by atoms with Crippen LogP contribution in [0.3, 0.4) is 0 Å². The summed E-state index contributed by atoms with van der Waals surface area (Å²) in [5.74, 6) is -1.23. The molecule has 2 rings (SSSR count). The molecule has 6 nitrogen and oxygen atoms in total. The molecule has 0 aliphatic rings. The van der Waals surface area contributed by atoms with E-state index in [1.165, 1.54) is 13.0 Å². The van der Waals surface area contributed by atoms with Gasteiger partial charge in [-0.25, -0.2) is 4.79 Å². The molecule has 1 unspecified atom stereocenters. The van der Waals surface area contributed by atoms with Gasteiger partial charge in [0.1, 0.15) is 0 Å². The number of aromatic carboxylic acids is 1. The maximum Gasteiger partial charge on any atom is 0.337 e. The molecule has 1 atom stereocenters. The quantitative estimate of drug-likeness (QED) is 0.395. The molecule has 2 aromatic rings. The van der Waals surface area contributed by atoms with Crippen molar-refractivity contribution < 1.29 is 19.4 Å². The number of hydrogen-bond acceptors (Lipinski definition) is 5. The Morgan fingerprint density at radius 1 is 1.13 bits per heavy atom. The van der Waals surface area contributed by atoms with Crippen molar-refractivity contribution in [2.45, 2.75) is 40.8 Å². The summed E-state index contributed by atoms with van der Waals surface area (Å²) in [7, 11) is 0. The largest absolute Gasteiger partial charge is 0.478 e. The first-order chi connectivity index (χ1) is 14.1. The number of carboxylic acids is 1. The molecular weight excluding hydrogens is 427 g/mol. The molecule has 0 saturated heterocycles. The van der Waals surface area contributed by atoms with E-state index in [0.717, 1.165) is 18.7 Å². The van der Waals surface area contributed by atoms with Crippen LogP contribution in [-0.4, -0.2) is 41.3 Å². The van der Waals surface area contributed by atoms with Gasteiger partial charge in [-0.3, -0.25) is 9.69 Å². The second-order valence-electron chi connectivity index (χ2n) is 6.46. The molecule has 8 heteroatoms. The molecule has 0 bridgehead atoms. The maximum atomic E-state index is 11.1. The number of carboxylic acid groups (broad SMARTS) is 1. The van der Waals surface area contributed by atoms with E-state index < -0.39 is 5.97 Å². The Morgan fingerprint density at radius 3 is 2.27 bits per heavy atom. The Morgan fingerprint density at radius 2 is 1.73 bits per heavy atom. The third kappa shape index (κ3) is 7.52. The Labute approximate surface area is 187 Å². The molecule has 0 radical (unpaired) electrons. The van der Waals surface area contributed by atoms with Crippen LogP contribution in [0.1, 0.15) is 43.6 Å². The lowest BCUT2D eigenvalue weighted by Crippen LogP contribution is -2.35. The zero-order chi connectivity index (χ0) is 22.8. The Kier molecular flexibility index (Phi) is 10.7. The molecule has 0 heterocycles. The summed E-state index contributed by atoms with van der Waals surface area (Å²) in [6.45, 7) is 11.1. The number of rotatable bonds is 7. The third-order valence-electron chi connectivity index (χ3n) is 4.36. The van der Waals surface area contributed by atoms with E-state index in [1.54, 1.807) is 30.3 Å². The standard InChI is InChI=1S/C14H11Cl2NO2.C8H17NO2/c1-8-6-7-10(15)13(12(8)16)17-11-5-3-2-4-9(11)14(18)19;1-5-9(6-2)7(3)11-8(4)10/h2-7,17H,1H3,(H,18,19);7H,5-6H2,1-4H3. The minimum atomic E-state index is -1.01. The first-order valence-electron chi connectivity index (χ1n) is 9.57. The summed E-state index contributed by atoms with van der Waals surface area (Å²) in [5.41, 5.74) is 1.99. The molecule has 164 valence electrons. The fourth-order valence-corrected chi connectivity index (χ4v) is 3.20. The summed E-state index contributed by atoms with van der Waals surface area (Å²) in [6, 6.07) is 10.1. The first kappa shape index (κ1) is 25.8. The van der Waals surface area contributed by atoms with Gasteiger partial charge in [0.15, 0.2) is 6.23 Å². The van der Waals surface area contributed by atoms with Gasteiger partial charge in [0, 0.05) is 6.92 Å². The molecule has 0 aliphatic heterocycles. The number of hydrogen-bond donors (Lipinski definition) is 2. The van der Waals surface area contributed by atoms with Crippen LogP contribution in [0.15, 0.2) is 36.4 Å². The number of carbonyl (C=O) groups excluding carboxylic acids is 1. The molecule has 0 spiro atoms. The van der Waals surface area contributed by atoms with Crippen molar-refractivity contribution in [3.63, 3.8) is 0 Å². The van der Waals surface area contributed by atoms with Crippen LogP contribution in [0, 0.1) is 6.92 Å². The van der Waals surface area contributed by atoms with Gasteiger partial charge >= 0.3 is 11.9 Å². The number of ether oxygens (including phenoxy) is 1. The van der Waals surface area contributed by atoms with Crippen molar-refractivity contribution in [3.05, 3.63) is 57.6 Å². The van der Waals surface area contributed by atoms with Gasteiger partial charge in [0.25, 0.3) is 0 Å². The smallest absolute Gasteiger partial charge is 0.337 e. The fourth-order valence-electron chi connectivity index (χ4n) is 2.74. The summed E-state index contributed by atoms with van der Waals surface area (Å²) < 4.78 is 4.98. The van der Waals surface area contributed by atoms with Gasteiger partial charge in [-0.15, -0.1) is 0 Å². The van der Waals surface area contributed by atoms with Crippen LogP contribution in [0.4, 0.5) is 11.4 Å². The van der Waals surface area contributed by atoms with Crippen molar-refractivity contribution >= 4 is 46.5 Å². The van der Waals surface area contributed by atoms with E-state index in [9.17, 15) is 9.59 Å². The lowest BCUT2D eigenvalue weighted by atomic mass is 10.1.